The third-order valence-corrected chi connectivity index (χ3v) is 3.31. The molecule has 108 valence electrons. The summed E-state index contributed by atoms with van der Waals surface area (Å²) in [6.07, 6.45) is 3.55. The zero-order valence-electron chi connectivity index (χ0n) is 12.0. The Bertz CT molecular complexity index is 717. The second-order valence-electron chi connectivity index (χ2n) is 5.24. The Morgan fingerprint density at radius 3 is 2.67 bits per heavy atom. The molecule has 21 heavy (non-hydrogen) atoms. The van der Waals surface area contributed by atoms with Gasteiger partial charge in [0.2, 0.25) is 0 Å². The van der Waals surface area contributed by atoms with E-state index < -0.39 is 0 Å². The topological polar surface area (TPSA) is 82.8 Å². The standard InChI is InChI=1S/C15H17N5O/c1-10(2)13(16)14-18-15(21-19-14)11-8-17-20(9-11)12-6-4-3-5-7-12/h3-10,13H,16H2,1-2H3. The van der Waals surface area contributed by atoms with E-state index in [0.717, 1.165) is 11.3 Å². The number of hydrogen-bond acceptors (Lipinski definition) is 5. The molecule has 2 heterocycles. The summed E-state index contributed by atoms with van der Waals surface area (Å²) in [4.78, 5) is 4.35. The molecule has 1 unspecified atom stereocenters. The maximum absolute atomic E-state index is 6.02. The van der Waals surface area contributed by atoms with Gasteiger partial charge in [-0.05, 0) is 18.1 Å². The van der Waals surface area contributed by atoms with Crippen LogP contribution in [-0.4, -0.2) is 19.9 Å². The minimum Gasteiger partial charge on any atom is -0.334 e. The van der Waals surface area contributed by atoms with Gasteiger partial charge in [-0.3, -0.25) is 0 Å². The Morgan fingerprint density at radius 2 is 1.95 bits per heavy atom. The van der Waals surface area contributed by atoms with E-state index in [1.807, 2.05) is 50.4 Å². The normalized spacial score (nSPS) is 12.8. The predicted molar refractivity (Wildman–Crippen MR) is 78.6 cm³/mol. The van der Waals surface area contributed by atoms with E-state index in [-0.39, 0.29) is 12.0 Å². The molecule has 0 bridgehead atoms. The molecule has 1 aromatic carbocycles. The van der Waals surface area contributed by atoms with Crippen molar-refractivity contribution in [1.29, 1.82) is 0 Å². The molecular formula is C15H17N5O. The number of para-hydroxylation sites is 1. The van der Waals surface area contributed by atoms with Crippen LogP contribution in [0.4, 0.5) is 0 Å². The van der Waals surface area contributed by atoms with Crippen LogP contribution in [0.1, 0.15) is 25.7 Å². The zero-order valence-corrected chi connectivity index (χ0v) is 12.0. The summed E-state index contributed by atoms with van der Waals surface area (Å²) < 4.78 is 7.04. The summed E-state index contributed by atoms with van der Waals surface area (Å²) in [5.74, 6) is 1.21. The molecule has 0 aliphatic heterocycles. The van der Waals surface area contributed by atoms with Crippen LogP contribution >= 0.6 is 0 Å². The Labute approximate surface area is 122 Å². The van der Waals surface area contributed by atoms with Gasteiger partial charge in [0.25, 0.3) is 5.89 Å². The van der Waals surface area contributed by atoms with Crippen molar-refractivity contribution in [2.75, 3.05) is 0 Å². The van der Waals surface area contributed by atoms with Crippen LogP contribution in [0.15, 0.2) is 47.2 Å². The number of rotatable bonds is 4. The van der Waals surface area contributed by atoms with Gasteiger partial charge in [0.1, 0.15) is 0 Å². The summed E-state index contributed by atoms with van der Waals surface area (Å²) in [6, 6.07) is 9.61. The molecular weight excluding hydrogens is 266 g/mol. The monoisotopic (exact) mass is 283 g/mol. The lowest BCUT2D eigenvalue weighted by Gasteiger charge is -2.09. The Balaban J connectivity index is 1.87. The van der Waals surface area contributed by atoms with Crippen molar-refractivity contribution in [2.24, 2.45) is 11.7 Å². The molecule has 2 aromatic heterocycles. The van der Waals surface area contributed by atoms with Gasteiger partial charge in [0, 0.05) is 6.20 Å². The zero-order chi connectivity index (χ0) is 14.8. The summed E-state index contributed by atoms with van der Waals surface area (Å²) in [6.45, 7) is 4.04. The molecule has 3 aromatic rings. The summed E-state index contributed by atoms with van der Waals surface area (Å²) in [5.41, 5.74) is 7.77. The fourth-order valence-electron chi connectivity index (χ4n) is 1.94. The van der Waals surface area contributed by atoms with Crippen molar-refractivity contribution in [2.45, 2.75) is 19.9 Å². The highest BCUT2D eigenvalue weighted by Gasteiger charge is 2.18. The molecule has 0 spiro atoms. The molecule has 0 amide bonds. The van der Waals surface area contributed by atoms with E-state index in [1.165, 1.54) is 0 Å². The molecule has 1 atom stereocenters. The molecule has 0 saturated heterocycles. The third-order valence-electron chi connectivity index (χ3n) is 3.31. The van der Waals surface area contributed by atoms with Gasteiger partial charge >= 0.3 is 0 Å². The van der Waals surface area contributed by atoms with Gasteiger partial charge in [-0.2, -0.15) is 10.1 Å². The first kappa shape index (κ1) is 13.5. The second kappa shape index (κ2) is 5.49. The van der Waals surface area contributed by atoms with Crippen LogP contribution in [0.25, 0.3) is 17.1 Å². The molecule has 2 N–H and O–H groups in total. The van der Waals surface area contributed by atoms with Crippen LogP contribution < -0.4 is 5.73 Å². The fourth-order valence-corrected chi connectivity index (χ4v) is 1.94. The van der Waals surface area contributed by atoms with Crippen LogP contribution in [0, 0.1) is 5.92 Å². The number of hydrogen-bond donors (Lipinski definition) is 1. The molecule has 6 heteroatoms. The number of nitrogens with two attached hydrogens (primary N) is 1. The summed E-state index contributed by atoms with van der Waals surface area (Å²) in [5, 5.41) is 8.26. The number of nitrogens with zero attached hydrogens (tertiary/aromatic N) is 4. The largest absolute Gasteiger partial charge is 0.334 e. The number of aromatic nitrogens is 4. The van der Waals surface area contributed by atoms with Crippen molar-refractivity contribution >= 4 is 0 Å². The van der Waals surface area contributed by atoms with Crippen molar-refractivity contribution in [3.05, 3.63) is 48.5 Å². The van der Waals surface area contributed by atoms with Gasteiger partial charge in [-0.1, -0.05) is 37.2 Å². The lowest BCUT2D eigenvalue weighted by atomic mass is 10.1. The Kier molecular flexibility index (Phi) is 3.53. The average Bonchev–Trinajstić information content (AvgIpc) is 3.16. The first-order valence-electron chi connectivity index (χ1n) is 6.85. The number of benzene rings is 1. The second-order valence-corrected chi connectivity index (χ2v) is 5.24. The van der Waals surface area contributed by atoms with E-state index in [9.17, 15) is 0 Å². The van der Waals surface area contributed by atoms with Gasteiger partial charge in [-0.15, -0.1) is 0 Å². The summed E-state index contributed by atoms with van der Waals surface area (Å²) in [7, 11) is 0. The molecule has 0 radical (unpaired) electrons. The first-order chi connectivity index (χ1) is 10.1. The lowest BCUT2D eigenvalue weighted by Crippen LogP contribution is -2.18. The van der Waals surface area contributed by atoms with Crippen molar-refractivity contribution in [3.8, 4) is 17.1 Å². The quantitative estimate of drug-likeness (QED) is 0.795. The first-order valence-corrected chi connectivity index (χ1v) is 6.85. The highest BCUT2D eigenvalue weighted by Crippen LogP contribution is 2.22. The molecule has 0 saturated carbocycles. The van der Waals surface area contributed by atoms with E-state index >= 15 is 0 Å². The van der Waals surface area contributed by atoms with Crippen LogP contribution in [-0.2, 0) is 0 Å². The van der Waals surface area contributed by atoms with Gasteiger partial charge in [-0.25, -0.2) is 4.68 Å². The predicted octanol–water partition coefficient (Wildman–Crippen LogP) is 2.58. The highest BCUT2D eigenvalue weighted by molar-refractivity contribution is 5.51. The highest BCUT2D eigenvalue weighted by atomic mass is 16.5. The Hall–Kier alpha value is -2.47. The third kappa shape index (κ3) is 2.71. The van der Waals surface area contributed by atoms with Gasteiger partial charge in [0.15, 0.2) is 5.82 Å². The minimum atomic E-state index is -0.230. The lowest BCUT2D eigenvalue weighted by molar-refractivity contribution is 0.400. The SMILES string of the molecule is CC(C)C(N)c1noc(-c2cnn(-c3ccccc3)c2)n1. The summed E-state index contributed by atoms with van der Waals surface area (Å²) >= 11 is 0. The van der Waals surface area contributed by atoms with Crippen molar-refractivity contribution < 1.29 is 4.52 Å². The van der Waals surface area contributed by atoms with Crippen LogP contribution in [0.2, 0.25) is 0 Å². The Morgan fingerprint density at radius 1 is 1.19 bits per heavy atom. The molecule has 6 nitrogen and oxygen atoms in total. The maximum Gasteiger partial charge on any atom is 0.261 e. The van der Waals surface area contributed by atoms with E-state index in [1.54, 1.807) is 10.9 Å². The minimum absolute atomic E-state index is 0.230. The molecule has 0 aliphatic carbocycles. The van der Waals surface area contributed by atoms with Gasteiger partial charge < -0.3 is 10.3 Å². The smallest absolute Gasteiger partial charge is 0.261 e. The van der Waals surface area contributed by atoms with Crippen LogP contribution in [0.3, 0.4) is 0 Å². The van der Waals surface area contributed by atoms with Crippen molar-refractivity contribution in [1.82, 2.24) is 19.9 Å². The van der Waals surface area contributed by atoms with Crippen molar-refractivity contribution in [3.63, 3.8) is 0 Å². The average molecular weight is 283 g/mol. The van der Waals surface area contributed by atoms with E-state index in [0.29, 0.717) is 11.7 Å². The van der Waals surface area contributed by atoms with Gasteiger partial charge in [0.05, 0.1) is 23.5 Å². The van der Waals surface area contributed by atoms with E-state index in [4.69, 9.17) is 10.3 Å². The molecule has 0 fully saturated rings. The maximum atomic E-state index is 6.02. The fraction of sp³-hybridized carbons (Fsp3) is 0.267. The van der Waals surface area contributed by atoms with E-state index in [2.05, 4.69) is 15.2 Å². The molecule has 3 rings (SSSR count). The molecule has 0 aliphatic rings. The van der Waals surface area contributed by atoms with Crippen LogP contribution in [0.5, 0.6) is 0 Å².